The molecule has 1 saturated heterocycles. The normalized spacial score (nSPS) is 17.5. The fourth-order valence-electron chi connectivity index (χ4n) is 2.06. The lowest BCUT2D eigenvalue weighted by Gasteiger charge is -2.32. The van der Waals surface area contributed by atoms with E-state index >= 15 is 0 Å². The van der Waals surface area contributed by atoms with Crippen molar-refractivity contribution in [3.63, 3.8) is 0 Å². The van der Waals surface area contributed by atoms with Gasteiger partial charge in [0, 0.05) is 25.2 Å². The van der Waals surface area contributed by atoms with E-state index in [0.29, 0.717) is 19.1 Å². The van der Waals surface area contributed by atoms with Crippen molar-refractivity contribution in [1.29, 1.82) is 0 Å². The van der Waals surface area contributed by atoms with Gasteiger partial charge in [-0.1, -0.05) is 0 Å². The van der Waals surface area contributed by atoms with E-state index in [9.17, 15) is 10.1 Å². The first-order valence-corrected chi connectivity index (χ1v) is 6.39. The third-order valence-electron chi connectivity index (χ3n) is 3.19. The highest BCUT2D eigenvalue weighted by atomic mass is 16.6. The maximum Gasteiger partial charge on any atom is 0.311 e. The number of ether oxygens (including phenoxy) is 2. The molecule has 1 atom stereocenters. The number of anilines is 1. The molecular weight excluding hydrogens is 264 g/mol. The topological polar surface area (TPSA) is 89.8 Å². The standard InChI is InChI=1S/C12H18N4O4/c1-9(15-5-7-20-8-6-15)13-12-10(16(17)18)3-4-11(14-12)19-2/h3-4,9H,5-8H2,1-2H3,(H,13,14). The van der Waals surface area contributed by atoms with Crippen molar-refractivity contribution in [3.8, 4) is 5.88 Å². The minimum Gasteiger partial charge on any atom is -0.481 e. The Bertz CT molecular complexity index is 477. The number of rotatable bonds is 5. The molecule has 110 valence electrons. The van der Waals surface area contributed by atoms with Gasteiger partial charge in [-0.05, 0) is 6.92 Å². The largest absolute Gasteiger partial charge is 0.481 e. The molecule has 0 aliphatic carbocycles. The van der Waals surface area contributed by atoms with Crippen LogP contribution in [-0.4, -0.2) is 54.4 Å². The van der Waals surface area contributed by atoms with E-state index < -0.39 is 4.92 Å². The zero-order chi connectivity index (χ0) is 14.5. The molecule has 0 amide bonds. The molecule has 0 aromatic carbocycles. The zero-order valence-electron chi connectivity index (χ0n) is 11.5. The highest BCUT2D eigenvalue weighted by Gasteiger charge is 2.22. The number of nitrogens with one attached hydrogen (secondary N) is 1. The van der Waals surface area contributed by atoms with E-state index in [0.717, 1.165) is 13.1 Å². The number of hydrogen-bond acceptors (Lipinski definition) is 7. The van der Waals surface area contributed by atoms with Crippen LogP contribution in [0.2, 0.25) is 0 Å². The SMILES string of the molecule is COc1ccc([N+](=O)[O-])c(NC(C)N2CCOCC2)n1. The van der Waals surface area contributed by atoms with Crippen molar-refractivity contribution >= 4 is 11.5 Å². The second-order valence-electron chi connectivity index (χ2n) is 4.45. The van der Waals surface area contributed by atoms with Gasteiger partial charge in [0.05, 0.1) is 31.4 Å². The third kappa shape index (κ3) is 3.34. The fourth-order valence-corrected chi connectivity index (χ4v) is 2.06. The molecule has 1 aromatic heterocycles. The number of aromatic nitrogens is 1. The lowest BCUT2D eigenvalue weighted by atomic mass is 10.3. The molecule has 1 unspecified atom stereocenters. The maximum atomic E-state index is 11.0. The number of morpholine rings is 1. The lowest BCUT2D eigenvalue weighted by molar-refractivity contribution is -0.384. The minimum atomic E-state index is -0.458. The minimum absolute atomic E-state index is 0.0640. The summed E-state index contributed by atoms with van der Waals surface area (Å²) in [5.41, 5.74) is -0.0640. The first kappa shape index (κ1) is 14.5. The summed E-state index contributed by atoms with van der Waals surface area (Å²) >= 11 is 0. The Kier molecular flexibility index (Phi) is 4.70. The van der Waals surface area contributed by atoms with Crippen LogP contribution in [-0.2, 0) is 4.74 Å². The lowest BCUT2D eigenvalue weighted by Crippen LogP contribution is -2.45. The number of nitro groups is 1. The van der Waals surface area contributed by atoms with Gasteiger partial charge in [0.1, 0.15) is 0 Å². The molecular formula is C12H18N4O4. The summed E-state index contributed by atoms with van der Waals surface area (Å²) in [4.78, 5) is 16.8. The van der Waals surface area contributed by atoms with Gasteiger partial charge in [0.15, 0.2) is 0 Å². The van der Waals surface area contributed by atoms with Crippen LogP contribution in [0.5, 0.6) is 5.88 Å². The van der Waals surface area contributed by atoms with Gasteiger partial charge in [-0.3, -0.25) is 15.0 Å². The van der Waals surface area contributed by atoms with Crippen LogP contribution in [0.3, 0.4) is 0 Å². The van der Waals surface area contributed by atoms with Crippen LogP contribution >= 0.6 is 0 Å². The van der Waals surface area contributed by atoms with Crippen molar-refractivity contribution in [2.75, 3.05) is 38.7 Å². The molecule has 0 spiro atoms. The zero-order valence-corrected chi connectivity index (χ0v) is 11.5. The van der Waals surface area contributed by atoms with E-state index in [1.807, 2.05) is 6.92 Å². The van der Waals surface area contributed by atoms with E-state index in [1.54, 1.807) is 0 Å². The summed E-state index contributed by atoms with van der Waals surface area (Å²) in [6.45, 7) is 4.84. The van der Waals surface area contributed by atoms with Crippen LogP contribution in [0.25, 0.3) is 0 Å². The summed E-state index contributed by atoms with van der Waals surface area (Å²) in [5, 5.41) is 14.1. The molecule has 0 bridgehead atoms. The predicted octanol–water partition coefficient (Wildman–Crippen LogP) is 1.09. The summed E-state index contributed by atoms with van der Waals surface area (Å²) in [6.07, 6.45) is -0.0720. The van der Waals surface area contributed by atoms with E-state index in [-0.39, 0.29) is 17.7 Å². The summed E-state index contributed by atoms with van der Waals surface area (Å²) in [7, 11) is 1.48. The van der Waals surface area contributed by atoms with Gasteiger partial charge < -0.3 is 14.8 Å². The van der Waals surface area contributed by atoms with Gasteiger partial charge in [0.25, 0.3) is 0 Å². The Morgan fingerprint density at radius 2 is 2.20 bits per heavy atom. The Morgan fingerprint density at radius 1 is 1.50 bits per heavy atom. The summed E-state index contributed by atoms with van der Waals surface area (Å²) in [5.74, 6) is 0.556. The average Bonchev–Trinajstić information content (AvgIpc) is 2.47. The van der Waals surface area contributed by atoms with Crippen molar-refractivity contribution in [3.05, 3.63) is 22.2 Å². The summed E-state index contributed by atoms with van der Waals surface area (Å²) < 4.78 is 10.3. The molecule has 8 heteroatoms. The quantitative estimate of drug-likeness (QED) is 0.638. The number of hydrogen-bond donors (Lipinski definition) is 1. The molecule has 0 saturated carbocycles. The Hall–Kier alpha value is -1.93. The van der Waals surface area contributed by atoms with E-state index in [4.69, 9.17) is 9.47 Å². The van der Waals surface area contributed by atoms with Crippen molar-refractivity contribution in [2.45, 2.75) is 13.1 Å². The molecule has 20 heavy (non-hydrogen) atoms. The Balaban J connectivity index is 2.15. The van der Waals surface area contributed by atoms with E-state index in [2.05, 4.69) is 15.2 Å². The predicted molar refractivity (Wildman–Crippen MR) is 72.9 cm³/mol. The molecule has 8 nitrogen and oxygen atoms in total. The van der Waals surface area contributed by atoms with Crippen LogP contribution in [0.4, 0.5) is 11.5 Å². The van der Waals surface area contributed by atoms with Crippen LogP contribution in [0, 0.1) is 10.1 Å². The van der Waals surface area contributed by atoms with Crippen LogP contribution in [0.1, 0.15) is 6.92 Å². The van der Waals surface area contributed by atoms with Gasteiger partial charge in [-0.25, -0.2) is 0 Å². The van der Waals surface area contributed by atoms with Crippen LogP contribution < -0.4 is 10.1 Å². The number of nitrogens with zero attached hydrogens (tertiary/aromatic N) is 3. The van der Waals surface area contributed by atoms with Crippen LogP contribution in [0.15, 0.2) is 12.1 Å². The molecule has 2 rings (SSSR count). The van der Waals surface area contributed by atoms with Gasteiger partial charge in [-0.2, -0.15) is 4.98 Å². The molecule has 0 radical (unpaired) electrons. The monoisotopic (exact) mass is 282 g/mol. The van der Waals surface area contributed by atoms with Crippen molar-refractivity contribution < 1.29 is 14.4 Å². The third-order valence-corrected chi connectivity index (χ3v) is 3.19. The number of pyridine rings is 1. The Labute approximate surface area is 116 Å². The highest BCUT2D eigenvalue weighted by molar-refractivity contribution is 5.57. The molecule has 1 aliphatic heterocycles. The highest BCUT2D eigenvalue weighted by Crippen LogP contribution is 2.25. The van der Waals surface area contributed by atoms with Gasteiger partial charge >= 0.3 is 5.69 Å². The van der Waals surface area contributed by atoms with E-state index in [1.165, 1.54) is 19.2 Å². The second kappa shape index (κ2) is 6.49. The first-order valence-electron chi connectivity index (χ1n) is 6.39. The summed E-state index contributed by atoms with van der Waals surface area (Å²) in [6, 6.07) is 2.86. The first-order chi connectivity index (χ1) is 9.61. The molecule has 1 N–H and O–H groups in total. The van der Waals surface area contributed by atoms with Crippen molar-refractivity contribution in [1.82, 2.24) is 9.88 Å². The molecule has 1 fully saturated rings. The second-order valence-corrected chi connectivity index (χ2v) is 4.45. The molecule has 1 aromatic rings. The average molecular weight is 282 g/mol. The van der Waals surface area contributed by atoms with Gasteiger partial charge in [0.2, 0.25) is 11.7 Å². The molecule has 2 heterocycles. The smallest absolute Gasteiger partial charge is 0.311 e. The fraction of sp³-hybridized carbons (Fsp3) is 0.583. The van der Waals surface area contributed by atoms with Crippen molar-refractivity contribution in [2.24, 2.45) is 0 Å². The van der Waals surface area contributed by atoms with Gasteiger partial charge in [-0.15, -0.1) is 0 Å². The Morgan fingerprint density at radius 3 is 2.80 bits per heavy atom. The molecule has 1 aliphatic rings. The maximum absolute atomic E-state index is 11.0. The number of methoxy groups -OCH3 is 1.